The third-order valence-corrected chi connectivity index (χ3v) is 5.01. The van der Waals surface area contributed by atoms with Crippen LogP contribution in [0.1, 0.15) is 18.4 Å². The Hall–Kier alpha value is -2.32. The molecule has 8 heteroatoms. The highest BCUT2D eigenvalue weighted by Gasteiger charge is 2.44. The van der Waals surface area contributed by atoms with E-state index in [1.807, 2.05) is 24.3 Å². The van der Waals surface area contributed by atoms with E-state index in [9.17, 15) is 4.79 Å². The van der Waals surface area contributed by atoms with Gasteiger partial charge in [0.1, 0.15) is 5.52 Å². The number of nitrogens with zero attached hydrogens (tertiary/aromatic N) is 4. The van der Waals surface area contributed by atoms with E-state index in [1.54, 1.807) is 18.3 Å². The highest BCUT2D eigenvalue weighted by atomic mass is 79.9. The van der Waals surface area contributed by atoms with E-state index >= 15 is 0 Å². The minimum absolute atomic E-state index is 0.379. The molecule has 0 saturated carbocycles. The van der Waals surface area contributed by atoms with E-state index in [0.29, 0.717) is 37.2 Å². The van der Waals surface area contributed by atoms with Gasteiger partial charge >= 0.3 is 5.97 Å². The number of hydrogen-bond acceptors (Lipinski definition) is 6. The molecule has 0 amide bonds. The smallest absolute Gasteiger partial charge is 0.345 e. The first-order valence-corrected chi connectivity index (χ1v) is 8.71. The van der Waals surface area contributed by atoms with Crippen LogP contribution in [0.25, 0.3) is 11.2 Å². The first-order valence-electron chi connectivity index (χ1n) is 7.92. The predicted molar refractivity (Wildman–Crippen MR) is 92.8 cm³/mol. The number of rotatable bonds is 3. The van der Waals surface area contributed by atoms with Crippen molar-refractivity contribution in [2.75, 3.05) is 13.2 Å². The van der Waals surface area contributed by atoms with E-state index in [1.165, 1.54) is 0 Å². The number of halogens is 1. The van der Waals surface area contributed by atoms with Gasteiger partial charge in [0.15, 0.2) is 0 Å². The fraction of sp³-hybridized carbons (Fsp3) is 0.294. The maximum atomic E-state index is 13.1. The lowest BCUT2D eigenvalue weighted by molar-refractivity contribution is -0.156. The van der Waals surface area contributed by atoms with Gasteiger partial charge in [0, 0.05) is 23.9 Å². The summed E-state index contributed by atoms with van der Waals surface area (Å²) >= 11 is 3.43. The van der Waals surface area contributed by atoms with Gasteiger partial charge in [-0.1, -0.05) is 28.1 Å². The Morgan fingerprint density at radius 1 is 1.20 bits per heavy atom. The lowest BCUT2D eigenvalue weighted by Crippen LogP contribution is -2.46. The Kier molecular flexibility index (Phi) is 4.22. The van der Waals surface area contributed by atoms with Gasteiger partial charge in [0.25, 0.3) is 0 Å². The largest absolute Gasteiger partial charge is 0.381 e. The molecule has 1 aliphatic heterocycles. The molecule has 1 aliphatic rings. The zero-order valence-electron chi connectivity index (χ0n) is 13.3. The number of carbonyl (C=O) groups is 1. The van der Waals surface area contributed by atoms with E-state index in [0.717, 1.165) is 14.9 Å². The summed E-state index contributed by atoms with van der Waals surface area (Å²) in [6.45, 7) is 1.00. The third kappa shape index (κ3) is 2.91. The highest BCUT2D eigenvalue weighted by Crippen LogP contribution is 2.36. The van der Waals surface area contributed by atoms with Crippen molar-refractivity contribution >= 4 is 33.1 Å². The Balaban J connectivity index is 1.69. The molecule has 0 radical (unpaired) electrons. The van der Waals surface area contributed by atoms with Crippen molar-refractivity contribution in [1.82, 2.24) is 20.1 Å². The van der Waals surface area contributed by atoms with Gasteiger partial charge in [0.05, 0.1) is 5.41 Å². The van der Waals surface area contributed by atoms with Crippen LogP contribution < -0.4 is 4.84 Å². The van der Waals surface area contributed by atoms with Crippen LogP contribution in [0.5, 0.6) is 0 Å². The molecule has 4 rings (SSSR count). The van der Waals surface area contributed by atoms with Crippen LogP contribution in [0, 0.1) is 0 Å². The predicted octanol–water partition coefficient (Wildman–Crippen LogP) is 2.29. The monoisotopic (exact) mass is 402 g/mol. The molecular weight excluding hydrogens is 388 g/mol. The lowest BCUT2D eigenvalue weighted by atomic mass is 9.74. The summed E-state index contributed by atoms with van der Waals surface area (Å²) in [5.41, 5.74) is 1.11. The van der Waals surface area contributed by atoms with E-state index in [4.69, 9.17) is 9.57 Å². The minimum atomic E-state index is -0.772. The second-order valence-electron chi connectivity index (χ2n) is 5.89. The average Bonchev–Trinajstić information content (AvgIpc) is 3.06. The molecule has 0 N–H and O–H groups in total. The van der Waals surface area contributed by atoms with Gasteiger partial charge in [-0.15, -0.1) is 5.10 Å². The number of aromatic nitrogens is 4. The van der Waals surface area contributed by atoms with Gasteiger partial charge < -0.3 is 9.57 Å². The minimum Gasteiger partial charge on any atom is -0.381 e. The van der Waals surface area contributed by atoms with E-state index in [-0.39, 0.29) is 5.97 Å². The van der Waals surface area contributed by atoms with Crippen molar-refractivity contribution in [3.05, 3.63) is 52.6 Å². The average molecular weight is 403 g/mol. The quantitative estimate of drug-likeness (QED) is 0.625. The number of benzene rings is 1. The molecule has 0 aliphatic carbocycles. The summed E-state index contributed by atoms with van der Waals surface area (Å²) in [5.74, 6) is -0.379. The van der Waals surface area contributed by atoms with Crippen LogP contribution >= 0.6 is 15.9 Å². The first-order chi connectivity index (χ1) is 12.2. The van der Waals surface area contributed by atoms with Crippen molar-refractivity contribution in [3.63, 3.8) is 0 Å². The first kappa shape index (κ1) is 16.2. The Bertz CT molecular complexity index is 904. The Labute approximate surface area is 152 Å². The van der Waals surface area contributed by atoms with Gasteiger partial charge in [0.2, 0.25) is 5.65 Å². The fourth-order valence-electron chi connectivity index (χ4n) is 3.07. The van der Waals surface area contributed by atoms with Crippen LogP contribution in [0.4, 0.5) is 0 Å². The van der Waals surface area contributed by atoms with Crippen molar-refractivity contribution in [3.8, 4) is 0 Å². The number of pyridine rings is 1. The van der Waals surface area contributed by atoms with Gasteiger partial charge in [-0.25, -0.2) is 9.78 Å². The maximum absolute atomic E-state index is 13.1. The number of hydrogen-bond donors (Lipinski definition) is 0. The van der Waals surface area contributed by atoms with Crippen molar-refractivity contribution in [2.24, 2.45) is 0 Å². The van der Waals surface area contributed by atoms with Crippen LogP contribution in [-0.4, -0.2) is 39.3 Å². The van der Waals surface area contributed by atoms with Crippen molar-refractivity contribution < 1.29 is 14.4 Å². The highest BCUT2D eigenvalue weighted by molar-refractivity contribution is 9.10. The second-order valence-corrected chi connectivity index (χ2v) is 6.80. The summed E-state index contributed by atoms with van der Waals surface area (Å²) in [5, 5.41) is 7.86. The summed E-state index contributed by atoms with van der Waals surface area (Å²) in [6, 6.07) is 11.2. The molecule has 3 heterocycles. The molecule has 0 bridgehead atoms. The molecular formula is C17H15BrN4O3. The topological polar surface area (TPSA) is 79.1 Å². The van der Waals surface area contributed by atoms with Crippen molar-refractivity contribution in [2.45, 2.75) is 18.3 Å². The summed E-state index contributed by atoms with van der Waals surface area (Å²) in [7, 11) is 0. The second kappa shape index (κ2) is 6.53. The molecule has 3 aromatic rings. The summed E-state index contributed by atoms with van der Waals surface area (Å²) in [6.07, 6.45) is 2.70. The van der Waals surface area contributed by atoms with E-state index < -0.39 is 5.41 Å². The van der Waals surface area contributed by atoms with E-state index in [2.05, 4.69) is 31.2 Å². The number of fused-ring (bicyclic) bond motifs is 1. The fourth-order valence-corrected chi connectivity index (χ4v) is 3.34. The summed E-state index contributed by atoms with van der Waals surface area (Å²) in [4.78, 5) is 23.9. The molecule has 1 saturated heterocycles. The van der Waals surface area contributed by atoms with Crippen LogP contribution in [0.3, 0.4) is 0 Å². The molecule has 0 spiro atoms. The zero-order chi connectivity index (χ0) is 17.3. The third-order valence-electron chi connectivity index (χ3n) is 4.48. The number of ether oxygens (including phenoxy) is 1. The maximum Gasteiger partial charge on any atom is 0.345 e. The van der Waals surface area contributed by atoms with Gasteiger partial charge in [-0.05, 0) is 52.7 Å². The SMILES string of the molecule is O=C(On1nnc2cccnc21)C1(c2ccc(Br)cc2)CCOCC1. The molecule has 0 atom stereocenters. The van der Waals surface area contributed by atoms with Crippen LogP contribution in [0.15, 0.2) is 47.1 Å². The normalized spacial score (nSPS) is 16.7. The molecule has 128 valence electrons. The Morgan fingerprint density at radius 3 is 2.72 bits per heavy atom. The summed E-state index contributed by atoms with van der Waals surface area (Å²) < 4.78 is 6.42. The molecule has 1 fully saturated rings. The van der Waals surface area contributed by atoms with Gasteiger partial charge in [-0.2, -0.15) is 0 Å². The zero-order valence-corrected chi connectivity index (χ0v) is 14.8. The lowest BCUT2D eigenvalue weighted by Gasteiger charge is -2.34. The molecule has 7 nitrogen and oxygen atoms in total. The van der Waals surface area contributed by atoms with Crippen LogP contribution in [0.2, 0.25) is 0 Å². The molecule has 25 heavy (non-hydrogen) atoms. The Morgan fingerprint density at radius 2 is 1.96 bits per heavy atom. The molecule has 1 aromatic carbocycles. The standard InChI is InChI=1S/C17H15BrN4O3/c18-13-5-3-12(4-6-13)17(7-10-24-11-8-17)16(23)25-22-15-14(20-21-22)2-1-9-19-15/h1-6,9H,7-8,10-11H2. The molecule has 0 unspecified atom stereocenters. The van der Waals surface area contributed by atoms with Crippen LogP contribution in [-0.2, 0) is 14.9 Å². The van der Waals surface area contributed by atoms with Gasteiger partial charge in [-0.3, -0.25) is 0 Å². The number of carbonyl (C=O) groups excluding carboxylic acids is 1. The van der Waals surface area contributed by atoms with Crippen molar-refractivity contribution in [1.29, 1.82) is 0 Å². The molecule has 2 aromatic heterocycles.